The van der Waals surface area contributed by atoms with Crippen LogP contribution in [0.2, 0.25) is 0 Å². The molecule has 0 fully saturated rings. The van der Waals surface area contributed by atoms with E-state index in [1.54, 1.807) is 0 Å². The highest BCUT2D eigenvalue weighted by molar-refractivity contribution is 5.24. The average Bonchev–Trinajstić information content (AvgIpc) is 2.56. The van der Waals surface area contributed by atoms with Crippen LogP contribution in [-0.2, 0) is 6.42 Å². The molecule has 1 heterocycles. The van der Waals surface area contributed by atoms with Crippen LogP contribution in [0.25, 0.3) is 0 Å². The summed E-state index contributed by atoms with van der Waals surface area (Å²) in [5, 5.41) is 3.54. The first-order valence-corrected chi connectivity index (χ1v) is 7.87. The van der Waals surface area contributed by atoms with Crippen molar-refractivity contribution in [1.29, 1.82) is 0 Å². The molecule has 0 spiro atoms. The Kier molecular flexibility index (Phi) is 5.94. The molecule has 1 N–H and O–H groups in total. The standard InChI is InChI=1S/C19H26N2/c1-4-15(2)19(17-10-6-5-7-11-17)18(20-3)13-16-9-8-12-21-14-16/h5-12,14-15,18-20H,4,13H2,1-3H3. The molecule has 2 rings (SSSR count). The summed E-state index contributed by atoms with van der Waals surface area (Å²) >= 11 is 0. The zero-order valence-corrected chi connectivity index (χ0v) is 13.3. The minimum absolute atomic E-state index is 0.423. The fraction of sp³-hybridized carbons (Fsp3) is 0.421. The predicted molar refractivity (Wildman–Crippen MR) is 89.4 cm³/mol. The third-order valence-corrected chi connectivity index (χ3v) is 4.42. The summed E-state index contributed by atoms with van der Waals surface area (Å²) in [6.07, 6.45) is 6.00. The highest BCUT2D eigenvalue weighted by Gasteiger charge is 2.26. The van der Waals surface area contributed by atoms with Crippen molar-refractivity contribution in [3.05, 3.63) is 66.0 Å². The Hall–Kier alpha value is -1.67. The van der Waals surface area contributed by atoms with Gasteiger partial charge >= 0.3 is 0 Å². The van der Waals surface area contributed by atoms with Crippen LogP contribution < -0.4 is 5.32 Å². The van der Waals surface area contributed by atoms with Gasteiger partial charge in [-0.05, 0) is 36.6 Å². The van der Waals surface area contributed by atoms with Gasteiger partial charge in [-0.25, -0.2) is 0 Å². The van der Waals surface area contributed by atoms with Gasteiger partial charge in [-0.1, -0.05) is 56.7 Å². The van der Waals surface area contributed by atoms with E-state index in [1.807, 2.05) is 18.5 Å². The monoisotopic (exact) mass is 282 g/mol. The second kappa shape index (κ2) is 7.94. The van der Waals surface area contributed by atoms with Gasteiger partial charge in [0.2, 0.25) is 0 Å². The zero-order valence-electron chi connectivity index (χ0n) is 13.3. The number of nitrogens with zero attached hydrogens (tertiary/aromatic N) is 1. The molecule has 3 unspecified atom stereocenters. The van der Waals surface area contributed by atoms with E-state index in [-0.39, 0.29) is 0 Å². The number of likely N-dealkylation sites (N-methyl/N-ethyl adjacent to an activating group) is 1. The Morgan fingerprint density at radius 2 is 1.86 bits per heavy atom. The van der Waals surface area contributed by atoms with Crippen LogP contribution in [0.1, 0.15) is 37.3 Å². The lowest BCUT2D eigenvalue weighted by Gasteiger charge is -2.32. The van der Waals surface area contributed by atoms with Gasteiger partial charge in [-0.2, -0.15) is 0 Å². The average molecular weight is 282 g/mol. The van der Waals surface area contributed by atoms with E-state index in [2.05, 4.69) is 67.6 Å². The molecule has 21 heavy (non-hydrogen) atoms. The van der Waals surface area contributed by atoms with Crippen molar-refractivity contribution in [1.82, 2.24) is 10.3 Å². The second-order valence-electron chi connectivity index (χ2n) is 5.78. The van der Waals surface area contributed by atoms with Crippen molar-refractivity contribution in [2.45, 2.75) is 38.6 Å². The topological polar surface area (TPSA) is 24.9 Å². The van der Waals surface area contributed by atoms with E-state index in [0.29, 0.717) is 17.9 Å². The number of hydrogen-bond donors (Lipinski definition) is 1. The van der Waals surface area contributed by atoms with Crippen LogP contribution in [0.15, 0.2) is 54.9 Å². The molecule has 1 aromatic heterocycles. The molecule has 3 atom stereocenters. The van der Waals surface area contributed by atoms with Crippen molar-refractivity contribution in [2.75, 3.05) is 7.05 Å². The zero-order chi connectivity index (χ0) is 15.1. The predicted octanol–water partition coefficient (Wildman–Crippen LogP) is 4.04. The van der Waals surface area contributed by atoms with E-state index in [9.17, 15) is 0 Å². The number of hydrogen-bond acceptors (Lipinski definition) is 2. The van der Waals surface area contributed by atoms with Crippen LogP contribution in [0, 0.1) is 5.92 Å². The van der Waals surface area contributed by atoms with E-state index in [4.69, 9.17) is 0 Å². The Morgan fingerprint density at radius 1 is 1.10 bits per heavy atom. The largest absolute Gasteiger partial charge is 0.316 e. The lowest BCUT2D eigenvalue weighted by atomic mass is 9.78. The van der Waals surface area contributed by atoms with E-state index in [0.717, 1.165) is 6.42 Å². The first kappa shape index (κ1) is 15.7. The summed E-state index contributed by atoms with van der Waals surface area (Å²) < 4.78 is 0. The normalized spacial score (nSPS) is 15.4. The third-order valence-electron chi connectivity index (χ3n) is 4.42. The molecule has 0 saturated carbocycles. The summed E-state index contributed by atoms with van der Waals surface area (Å²) in [7, 11) is 2.07. The molecule has 112 valence electrons. The van der Waals surface area contributed by atoms with Crippen molar-refractivity contribution in [3.63, 3.8) is 0 Å². The van der Waals surface area contributed by atoms with E-state index >= 15 is 0 Å². The summed E-state index contributed by atoms with van der Waals surface area (Å²) in [4.78, 5) is 4.24. The second-order valence-corrected chi connectivity index (χ2v) is 5.78. The van der Waals surface area contributed by atoms with Crippen molar-refractivity contribution in [3.8, 4) is 0 Å². The van der Waals surface area contributed by atoms with Gasteiger partial charge in [0.1, 0.15) is 0 Å². The van der Waals surface area contributed by atoms with Gasteiger partial charge < -0.3 is 5.32 Å². The minimum atomic E-state index is 0.423. The summed E-state index contributed by atoms with van der Waals surface area (Å²) in [6, 6.07) is 15.5. The molecule has 0 saturated heterocycles. The van der Waals surface area contributed by atoms with Gasteiger partial charge in [0, 0.05) is 24.4 Å². The Labute approximate surface area is 128 Å². The highest BCUT2D eigenvalue weighted by atomic mass is 14.9. The quantitative estimate of drug-likeness (QED) is 0.829. The maximum Gasteiger partial charge on any atom is 0.0300 e. The van der Waals surface area contributed by atoms with Gasteiger partial charge in [-0.15, -0.1) is 0 Å². The number of nitrogens with one attached hydrogen (secondary N) is 1. The molecule has 0 aliphatic carbocycles. The van der Waals surface area contributed by atoms with Gasteiger partial charge in [0.15, 0.2) is 0 Å². The van der Waals surface area contributed by atoms with Crippen molar-refractivity contribution in [2.24, 2.45) is 5.92 Å². The van der Waals surface area contributed by atoms with Gasteiger partial charge in [0.05, 0.1) is 0 Å². The molecular weight excluding hydrogens is 256 g/mol. The lowest BCUT2D eigenvalue weighted by Crippen LogP contribution is -2.37. The van der Waals surface area contributed by atoms with Crippen LogP contribution in [0.3, 0.4) is 0 Å². The van der Waals surface area contributed by atoms with Crippen LogP contribution in [0.5, 0.6) is 0 Å². The van der Waals surface area contributed by atoms with E-state index < -0.39 is 0 Å². The van der Waals surface area contributed by atoms with Crippen molar-refractivity contribution >= 4 is 0 Å². The maximum absolute atomic E-state index is 4.24. The van der Waals surface area contributed by atoms with Crippen molar-refractivity contribution < 1.29 is 0 Å². The molecule has 1 aromatic carbocycles. The van der Waals surface area contributed by atoms with Gasteiger partial charge in [-0.3, -0.25) is 4.98 Å². The lowest BCUT2D eigenvalue weighted by molar-refractivity contribution is 0.346. The number of benzene rings is 1. The molecule has 0 radical (unpaired) electrons. The Bertz CT molecular complexity index is 510. The molecular formula is C19H26N2. The number of pyridine rings is 1. The Balaban J connectivity index is 2.25. The fourth-order valence-electron chi connectivity index (χ4n) is 3.07. The summed E-state index contributed by atoms with van der Waals surface area (Å²) in [5.74, 6) is 1.16. The third kappa shape index (κ3) is 4.15. The van der Waals surface area contributed by atoms with Crippen LogP contribution >= 0.6 is 0 Å². The van der Waals surface area contributed by atoms with Crippen LogP contribution in [-0.4, -0.2) is 18.1 Å². The molecule has 2 heteroatoms. The molecule has 0 amide bonds. The van der Waals surface area contributed by atoms with Crippen LogP contribution in [0.4, 0.5) is 0 Å². The van der Waals surface area contributed by atoms with E-state index in [1.165, 1.54) is 17.5 Å². The molecule has 0 bridgehead atoms. The summed E-state index contributed by atoms with van der Waals surface area (Å²) in [6.45, 7) is 4.63. The Morgan fingerprint density at radius 3 is 2.43 bits per heavy atom. The number of rotatable bonds is 7. The molecule has 0 aliphatic heterocycles. The molecule has 2 aromatic rings. The smallest absolute Gasteiger partial charge is 0.0300 e. The molecule has 2 nitrogen and oxygen atoms in total. The minimum Gasteiger partial charge on any atom is -0.316 e. The first-order valence-electron chi connectivity index (χ1n) is 7.87. The highest BCUT2D eigenvalue weighted by Crippen LogP contribution is 2.31. The first-order chi connectivity index (χ1) is 10.3. The fourth-order valence-corrected chi connectivity index (χ4v) is 3.07. The van der Waals surface area contributed by atoms with Gasteiger partial charge in [0.25, 0.3) is 0 Å². The maximum atomic E-state index is 4.24. The SMILES string of the molecule is CCC(C)C(c1ccccc1)C(Cc1cccnc1)NC. The number of aromatic nitrogens is 1. The molecule has 0 aliphatic rings. The summed E-state index contributed by atoms with van der Waals surface area (Å²) in [5.41, 5.74) is 2.72.